The van der Waals surface area contributed by atoms with Gasteiger partial charge in [-0.3, -0.25) is 4.79 Å². The molecule has 170 valence electrons. The zero-order valence-corrected chi connectivity index (χ0v) is 20.5. The van der Waals surface area contributed by atoms with Gasteiger partial charge in [0.05, 0.1) is 17.1 Å². The van der Waals surface area contributed by atoms with Gasteiger partial charge in [-0.2, -0.15) is 4.98 Å². The van der Waals surface area contributed by atoms with Crippen LogP contribution in [0, 0.1) is 13.8 Å². The lowest BCUT2D eigenvalue weighted by Gasteiger charge is -2.17. The molecular weight excluding hydrogens is 456 g/mol. The third kappa shape index (κ3) is 5.12. The summed E-state index contributed by atoms with van der Waals surface area (Å²) in [6.45, 7) is 5.89. The molecule has 0 radical (unpaired) electrons. The van der Waals surface area contributed by atoms with Crippen molar-refractivity contribution in [3.8, 4) is 0 Å². The van der Waals surface area contributed by atoms with E-state index in [0.717, 1.165) is 22.6 Å². The zero-order valence-electron chi connectivity index (χ0n) is 18.9. The number of nitrogens with zero attached hydrogens (tertiary/aromatic N) is 4. The molecule has 1 atom stereocenters. The molecule has 4 aromatic rings. The average Bonchev–Trinajstić information content (AvgIpc) is 3.22. The van der Waals surface area contributed by atoms with Crippen molar-refractivity contribution in [2.24, 2.45) is 0 Å². The Morgan fingerprint density at radius 3 is 2.61 bits per heavy atom. The van der Waals surface area contributed by atoms with Crippen molar-refractivity contribution in [2.45, 2.75) is 38.4 Å². The van der Waals surface area contributed by atoms with Crippen LogP contribution in [0.4, 0.5) is 11.4 Å². The average molecular weight is 481 g/mol. The molecule has 2 aromatic heterocycles. The number of anilines is 2. The lowest BCUT2D eigenvalue weighted by molar-refractivity contribution is -0.115. The number of benzene rings is 2. The highest BCUT2D eigenvalue weighted by Gasteiger charge is 2.16. The first kappa shape index (κ1) is 23.1. The largest absolute Gasteiger partial charge is 0.377 e. The summed E-state index contributed by atoms with van der Waals surface area (Å²) in [4.78, 5) is 21.7. The molecule has 1 unspecified atom stereocenters. The highest BCUT2D eigenvalue weighted by atomic mass is 35.5. The second-order valence-corrected chi connectivity index (χ2v) is 8.95. The van der Waals surface area contributed by atoms with Crippen molar-refractivity contribution in [2.75, 3.05) is 16.9 Å². The minimum absolute atomic E-state index is 0.0981. The lowest BCUT2D eigenvalue weighted by Crippen LogP contribution is -2.18. The highest BCUT2D eigenvalue weighted by molar-refractivity contribution is 7.98. The summed E-state index contributed by atoms with van der Waals surface area (Å²) >= 11 is 7.95. The van der Waals surface area contributed by atoms with E-state index in [-0.39, 0.29) is 18.4 Å². The van der Waals surface area contributed by atoms with Crippen LogP contribution in [0.25, 0.3) is 5.78 Å². The maximum Gasteiger partial charge on any atom is 0.253 e. The van der Waals surface area contributed by atoms with Crippen LogP contribution in [0.15, 0.2) is 53.7 Å². The van der Waals surface area contributed by atoms with Crippen molar-refractivity contribution in [3.63, 3.8) is 0 Å². The summed E-state index contributed by atoms with van der Waals surface area (Å²) < 4.78 is 1.69. The van der Waals surface area contributed by atoms with Gasteiger partial charge >= 0.3 is 0 Å². The molecule has 0 aliphatic heterocycles. The number of thioether (sulfide) groups is 1. The molecule has 7 nitrogen and oxygen atoms in total. The lowest BCUT2D eigenvalue weighted by atomic mass is 10.1. The van der Waals surface area contributed by atoms with Crippen molar-refractivity contribution >= 4 is 46.4 Å². The first-order chi connectivity index (χ1) is 15.9. The van der Waals surface area contributed by atoms with E-state index in [1.807, 2.05) is 50.4 Å². The molecule has 2 heterocycles. The fourth-order valence-electron chi connectivity index (χ4n) is 3.67. The van der Waals surface area contributed by atoms with Crippen LogP contribution in [0.5, 0.6) is 0 Å². The van der Waals surface area contributed by atoms with Gasteiger partial charge in [0.2, 0.25) is 11.1 Å². The molecule has 0 spiro atoms. The van der Waals surface area contributed by atoms with Gasteiger partial charge in [-0.05, 0) is 50.8 Å². The minimum Gasteiger partial charge on any atom is -0.377 e. The predicted molar refractivity (Wildman–Crippen MR) is 134 cm³/mol. The Bertz CT molecular complexity index is 1310. The second-order valence-electron chi connectivity index (χ2n) is 7.77. The number of halogens is 1. The maximum absolute atomic E-state index is 12.8. The molecule has 0 fully saturated rings. The Hall–Kier alpha value is -3.10. The normalized spacial score (nSPS) is 12.0. The fraction of sp³-hybridized carbons (Fsp3) is 0.250. The first-order valence-electron chi connectivity index (χ1n) is 10.5. The Morgan fingerprint density at radius 2 is 1.91 bits per heavy atom. The van der Waals surface area contributed by atoms with Gasteiger partial charge in [-0.15, -0.1) is 5.10 Å². The summed E-state index contributed by atoms with van der Waals surface area (Å²) in [6, 6.07) is 15.7. The number of aromatic nitrogens is 4. The number of hydrogen-bond donors (Lipinski definition) is 2. The number of fused-ring (bicyclic) bond motifs is 1. The third-order valence-corrected chi connectivity index (χ3v) is 6.32. The summed E-state index contributed by atoms with van der Waals surface area (Å²) in [7, 11) is 0. The number of rotatable bonds is 7. The molecule has 1 amide bonds. The van der Waals surface area contributed by atoms with E-state index in [1.54, 1.807) is 10.6 Å². The number of aryl methyl sites for hydroxylation is 2. The Kier molecular flexibility index (Phi) is 6.85. The molecule has 0 aliphatic carbocycles. The Balaban J connectivity index is 1.46. The summed E-state index contributed by atoms with van der Waals surface area (Å²) in [5.74, 6) is 0.389. The van der Waals surface area contributed by atoms with Crippen LogP contribution < -0.4 is 10.6 Å². The molecule has 4 rings (SSSR count). The standard InChI is InChI=1S/C24H25ClN6OS/c1-14(17-8-6-5-7-9-17)26-21-11-10-18(12-20(21)25)28-22(32)13-19-15(2)27-23-29-24(33-4)30-31(23)16(19)3/h5-12,14,26H,13H2,1-4H3,(H,28,32). The van der Waals surface area contributed by atoms with Crippen molar-refractivity contribution in [3.05, 3.63) is 76.1 Å². The van der Waals surface area contributed by atoms with Crippen molar-refractivity contribution < 1.29 is 4.79 Å². The number of nitrogens with one attached hydrogen (secondary N) is 2. The van der Waals surface area contributed by atoms with E-state index >= 15 is 0 Å². The molecule has 2 aromatic carbocycles. The molecular formula is C24H25ClN6OS. The molecule has 0 saturated heterocycles. The molecule has 0 bridgehead atoms. The molecule has 0 aliphatic rings. The molecule has 9 heteroatoms. The summed E-state index contributed by atoms with van der Waals surface area (Å²) in [6.07, 6.45) is 2.09. The van der Waals surface area contributed by atoms with Gasteiger partial charge in [0, 0.05) is 28.7 Å². The van der Waals surface area contributed by atoms with E-state index in [2.05, 4.69) is 44.8 Å². The first-order valence-corrected chi connectivity index (χ1v) is 12.1. The van der Waals surface area contributed by atoms with Gasteiger partial charge in [-0.25, -0.2) is 9.50 Å². The van der Waals surface area contributed by atoms with Gasteiger partial charge in [0.25, 0.3) is 5.78 Å². The summed E-state index contributed by atoms with van der Waals surface area (Å²) in [5.41, 5.74) is 5.06. The highest BCUT2D eigenvalue weighted by Crippen LogP contribution is 2.29. The van der Waals surface area contributed by atoms with Gasteiger partial charge in [-0.1, -0.05) is 53.7 Å². The second kappa shape index (κ2) is 9.80. The maximum atomic E-state index is 12.8. The molecule has 0 saturated carbocycles. The molecule has 33 heavy (non-hydrogen) atoms. The number of carbonyl (C=O) groups excluding carboxylic acids is 1. The van der Waals surface area contributed by atoms with Crippen LogP contribution in [0.3, 0.4) is 0 Å². The van der Waals surface area contributed by atoms with E-state index in [0.29, 0.717) is 21.6 Å². The monoisotopic (exact) mass is 480 g/mol. The van der Waals surface area contributed by atoms with E-state index in [9.17, 15) is 4.79 Å². The quantitative estimate of drug-likeness (QED) is 0.341. The SMILES string of the molecule is CSc1nc2nc(C)c(CC(=O)Nc3ccc(NC(C)c4ccccc4)c(Cl)c3)c(C)n2n1. The minimum atomic E-state index is -0.151. The number of carbonyl (C=O) groups is 1. The smallest absolute Gasteiger partial charge is 0.253 e. The van der Waals surface area contributed by atoms with Crippen LogP contribution in [0.1, 0.15) is 35.5 Å². The topological polar surface area (TPSA) is 84.2 Å². The summed E-state index contributed by atoms with van der Waals surface area (Å²) in [5, 5.41) is 12.0. The Labute approximate surface area is 202 Å². The van der Waals surface area contributed by atoms with E-state index in [4.69, 9.17) is 11.6 Å². The van der Waals surface area contributed by atoms with Crippen molar-refractivity contribution in [1.82, 2.24) is 19.6 Å². The third-order valence-electron chi connectivity index (χ3n) is 5.47. The van der Waals surface area contributed by atoms with Crippen molar-refractivity contribution in [1.29, 1.82) is 0 Å². The van der Waals surface area contributed by atoms with Crippen LogP contribution >= 0.6 is 23.4 Å². The van der Waals surface area contributed by atoms with Crippen LogP contribution in [0.2, 0.25) is 5.02 Å². The fourth-order valence-corrected chi connectivity index (χ4v) is 4.24. The van der Waals surface area contributed by atoms with Crippen LogP contribution in [-0.4, -0.2) is 31.7 Å². The number of hydrogen-bond acceptors (Lipinski definition) is 6. The van der Waals surface area contributed by atoms with Gasteiger partial charge in [0.1, 0.15) is 0 Å². The van der Waals surface area contributed by atoms with Gasteiger partial charge in [0.15, 0.2) is 0 Å². The zero-order chi connectivity index (χ0) is 23.5. The van der Waals surface area contributed by atoms with Gasteiger partial charge < -0.3 is 10.6 Å². The van der Waals surface area contributed by atoms with E-state index in [1.165, 1.54) is 17.3 Å². The number of amides is 1. The van der Waals surface area contributed by atoms with Crippen LogP contribution in [-0.2, 0) is 11.2 Å². The van der Waals surface area contributed by atoms with E-state index < -0.39 is 0 Å². The molecule has 2 N–H and O–H groups in total. The predicted octanol–water partition coefficient (Wildman–Crippen LogP) is 5.47. The Morgan fingerprint density at radius 1 is 1.15 bits per heavy atom.